The highest BCUT2D eigenvalue weighted by atomic mass is 32.2. The molecule has 5 heteroatoms. The van der Waals surface area contributed by atoms with Gasteiger partial charge in [0.2, 0.25) is 0 Å². The lowest BCUT2D eigenvalue weighted by molar-refractivity contribution is 0.216. The molecule has 0 unspecified atom stereocenters. The third kappa shape index (κ3) is 31.5. The van der Waals surface area contributed by atoms with Crippen LogP contribution in [0.5, 0.6) is 0 Å². The van der Waals surface area contributed by atoms with E-state index in [2.05, 4.69) is 17.3 Å². The molecule has 0 bridgehead atoms. The van der Waals surface area contributed by atoms with E-state index in [9.17, 15) is 4.21 Å². The maximum atomic E-state index is 9.56. The van der Waals surface area contributed by atoms with E-state index < -0.39 is 10.8 Å². The Balaban J connectivity index is 0. The van der Waals surface area contributed by atoms with Crippen molar-refractivity contribution in [3.8, 4) is 0 Å². The maximum Gasteiger partial charge on any atom is 0.0483 e. The van der Waals surface area contributed by atoms with Gasteiger partial charge in [-0.1, -0.05) is 0 Å². The summed E-state index contributed by atoms with van der Waals surface area (Å²) >= 11 is 0. The number of hydrogen-bond donors (Lipinski definition) is 2. The average molecular weight is 238 g/mol. The number of piperazine rings is 1. The van der Waals surface area contributed by atoms with Crippen molar-refractivity contribution in [3.63, 3.8) is 0 Å². The number of nitrogens with zero attached hydrogens (tertiary/aromatic N) is 1. The fourth-order valence-electron chi connectivity index (χ4n) is 0.777. The summed E-state index contributed by atoms with van der Waals surface area (Å²) in [6.07, 6.45) is 3.11. The summed E-state index contributed by atoms with van der Waals surface area (Å²) < 4.78 is 9.56. The minimum absolute atomic E-state index is 0.167. The first-order valence-electron chi connectivity index (χ1n) is 5.18. The number of likely N-dealkylation sites (N-methyl/N-ethyl adjacent to an activating group) is 1. The molecular weight excluding hydrogens is 212 g/mol. The highest BCUT2D eigenvalue weighted by Crippen LogP contribution is 1.83. The molecule has 4 nitrogen and oxygen atoms in total. The van der Waals surface area contributed by atoms with Crippen LogP contribution in [0.3, 0.4) is 0 Å². The van der Waals surface area contributed by atoms with Crippen LogP contribution in [0.1, 0.15) is 13.8 Å². The van der Waals surface area contributed by atoms with Crippen molar-refractivity contribution in [2.45, 2.75) is 20.0 Å². The van der Waals surface area contributed by atoms with Gasteiger partial charge in [0.05, 0.1) is 0 Å². The van der Waals surface area contributed by atoms with Gasteiger partial charge in [-0.25, -0.2) is 0 Å². The fourth-order valence-corrected chi connectivity index (χ4v) is 0.777. The number of nitrogens with one attached hydrogen (secondary N) is 1. The lowest BCUT2D eigenvalue weighted by atomic mass is 10.4. The van der Waals surface area contributed by atoms with E-state index in [4.69, 9.17) is 5.11 Å². The molecule has 0 aromatic carbocycles. The molecule has 0 aliphatic carbocycles. The Morgan fingerprint density at radius 3 is 1.67 bits per heavy atom. The summed E-state index contributed by atoms with van der Waals surface area (Å²) in [5.74, 6) is 0. The van der Waals surface area contributed by atoms with E-state index in [1.54, 1.807) is 26.4 Å². The van der Waals surface area contributed by atoms with Gasteiger partial charge in [0, 0.05) is 55.6 Å². The minimum Gasteiger partial charge on any atom is -0.394 e. The number of rotatable bonds is 0. The molecule has 1 fully saturated rings. The Bertz CT molecular complexity index is 142. The molecule has 0 aromatic heterocycles. The summed E-state index contributed by atoms with van der Waals surface area (Å²) in [5.41, 5.74) is 0. The predicted molar refractivity (Wildman–Crippen MR) is 67.7 cm³/mol. The third-order valence-corrected chi connectivity index (χ3v) is 1.34. The third-order valence-electron chi connectivity index (χ3n) is 1.34. The summed E-state index contributed by atoms with van der Waals surface area (Å²) in [6, 6.07) is 0. The van der Waals surface area contributed by atoms with E-state index in [1.165, 1.54) is 13.1 Å². The van der Waals surface area contributed by atoms with Gasteiger partial charge < -0.3 is 15.3 Å². The van der Waals surface area contributed by atoms with Gasteiger partial charge in [-0.15, -0.1) is 0 Å². The average Bonchev–Trinajstić information content (AvgIpc) is 2.03. The van der Waals surface area contributed by atoms with E-state index in [0.717, 1.165) is 13.1 Å². The molecule has 1 rings (SSSR count). The topological polar surface area (TPSA) is 52.6 Å². The monoisotopic (exact) mass is 238 g/mol. The van der Waals surface area contributed by atoms with Gasteiger partial charge in [-0.3, -0.25) is 4.21 Å². The predicted octanol–water partition coefficient (Wildman–Crippen LogP) is -0.0968. The van der Waals surface area contributed by atoms with Gasteiger partial charge in [-0.2, -0.15) is 0 Å². The van der Waals surface area contributed by atoms with Crippen molar-refractivity contribution in [2.75, 3.05) is 45.7 Å². The molecule has 0 atom stereocenters. The molecule has 15 heavy (non-hydrogen) atoms. The molecule has 0 spiro atoms. The van der Waals surface area contributed by atoms with Crippen molar-refractivity contribution in [1.29, 1.82) is 0 Å². The van der Waals surface area contributed by atoms with Crippen molar-refractivity contribution in [3.05, 3.63) is 0 Å². The summed E-state index contributed by atoms with van der Waals surface area (Å²) in [5, 5.41) is 11.3. The van der Waals surface area contributed by atoms with E-state index in [-0.39, 0.29) is 6.10 Å². The first-order chi connectivity index (χ1) is 6.86. The molecule has 0 saturated carbocycles. The van der Waals surface area contributed by atoms with Crippen molar-refractivity contribution < 1.29 is 9.32 Å². The normalized spacial score (nSPS) is 16.5. The van der Waals surface area contributed by atoms with Gasteiger partial charge in [0.15, 0.2) is 0 Å². The molecule has 1 saturated heterocycles. The number of aliphatic hydroxyl groups is 1. The van der Waals surface area contributed by atoms with Crippen LogP contribution in [0.25, 0.3) is 0 Å². The fraction of sp³-hybridized carbons (Fsp3) is 1.00. The molecule has 0 aromatic rings. The van der Waals surface area contributed by atoms with Crippen LogP contribution in [0, 0.1) is 0 Å². The first kappa shape index (κ1) is 17.4. The van der Waals surface area contributed by atoms with Crippen LogP contribution < -0.4 is 5.32 Å². The van der Waals surface area contributed by atoms with E-state index in [0.29, 0.717) is 0 Å². The maximum absolute atomic E-state index is 9.56. The smallest absolute Gasteiger partial charge is 0.0483 e. The lowest BCUT2D eigenvalue weighted by Crippen LogP contribution is -2.40. The quantitative estimate of drug-likeness (QED) is 0.619. The zero-order valence-corrected chi connectivity index (χ0v) is 11.4. The standard InChI is InChI=1S/C5H12N2.C3H8O.C2H6OS/c1-7-4-2-6-3-5-7;1-3(2)4;1-4(2)3/h6H,2-5H2,1H3;3-4H,1-2H3;1-2H3. The molecule has 2 N–H and O–H groups in total. The Labute approximate surface area is 96.5 Å². The highest BCUT2D eigenvalue weighted by Gasteiger charge is 2.01. The zero-order valence-electron chi connectivity index (χ0n) is 10.6. The SMILES string of the molecule is CC(C)O.CN1CCNCC1.CS(C)=O. The second kappa shape index (κ2) is 12.1. The second-order valence-corrected chi connectivity index (χ2v) is 5.37. The van der Waals surface area contributed by atoms with Crippen LogP contribution in [0.15, 0.2) is 0 Å². The molecule has 0 amide bonds. The van der Waals surface area contributed by atoms with Crippen LogP contribution in [-0.2, 0) is 10.8 Å². The number of hydrogen-bond acceptors (Lipinski definition) is 4. The van der Waals surface area contributed by atoms with Crippen LogP contribution >= 0.6 is 0 Å². The van der Waals surface area contributed by atoms with Gasteiger partial charge >= 0.3 is 0 Å². The van der Waals surface area contributed by atoms with Crippen LogP contribution in [0.2, 0.25) is 0 Å². The highest BCUT2D eigenvalue weighted by molar-refractivity contribution is 7.83. The molecule has 0 radical (unpaired) electrons. The minimum atomic E-state index is -0.611. The van der Waals surface area contributed by atoms with Crippen LogP contribution in [-0.4, -0.2) is 66.1 Å². The van der Waals surface area contributed by atoms with Gasteiger partial charge in [0.1, 0.15) is 0 Å². The molecule has 1 aliphatic rings. The number of aliphatic hydroxyl groups excluding tert-OH is 1. The van der Waals surface area contributed by atoms with Gasteiger partial charge in [-0.05, 0) is 20.9 Å². The van der Waals surface area contributed by atoms with E-state index in [1.807, 2.05) is 0 Å². The van der Waals surface area contributed by atoms with Crippen molar-refractivity contribution in [1.82, 2.24) is 10.2 Å². The van der Waals surface area contributed by atoms with E-state index >= 15 is 0 Å². The summed E-state index contributed by atoms with van der Waals surface area (Å²) in [6.45, 7) is 8.19. The first-order valence-corrected chi connectivity index (χ1v) is 7.15. The van der Waals surface area contributed by atoms with Crippen molar-refractivity contribution >= 4 is 10.8 Å². The Hall–Kier alpha value is 0.0300. The summed E-state index contributed by atoms with van der Waals surface area (Å²) in [7, 11) is 1.54. The Kier molecular flexibility index (Phi) is 14.1. The lowest BCUT2D eigenvalue weighted by Gasteiger charge is -2.21. The Morgan fingerprint density at radius 2 is 1.53 bits per heavy atom. The van der Waals surface area contributed by atoms with Gasteiger partial charge in [0.25, 0.3) is 0 Å². The zero-order chi connectivity index (χ0) is 12.3. The van der Waals surface area contributed by atoms with Crippen LogP contribution in [0.4, 0.5) is 0 Å². The Morgan fingerprint density at radius 1 is 1.27 bits per heavy atom. The molecule has 1 heterocycles. The van der Waals surface area contributed by atoms with Crippen molar-refractivity contribution in [2.24, 2.45) is 0 Å². The molecular formula is C10H26N2O2S. The largest absolute Gasteiger partial charge is 0.394 e. The second-order valence-electron chi connectivity index (χ2n) is 3.89. The molecule has 1 aliphatic heterocycles. The molecule has 94 valence electrons. The summed E-state index contributed by atoms with van der Waals surface area (Å²) in [4.78, 5) is 2.33.